The molecule has 0 spiro atoms. The van der Waals surface area contributed by atoms with E-state index in [0.717, 1.165) is 49.7 Å². The number of hydrogen-bond acceptors (Lipinski definition) is 5. The van der Waals surface area contributed by atoms with E-state index < -0.39 is 0 Å². The second-order valence-electron chi connectivity index (χ2n) is 5.67. The highest BCUT2D eigenvalue weighted by Gasteiger charge is 2.16. The lowest BCUT2D eigenvalue weighted by Gasteiger charge is -2.30. The average Bonchev–Trinajstić information content (AvgIpc) is 2.56. The number of benzene rings is 1. The van der Waals surface area contributed by atoms with Gasteiger partial charge in [0.25, 0.3) is 0 Å². The number of ether oxygens (including phenoxy) is 1. The summed E-state index contributed by atoms with van der Waals surface area (Å²) in [6, 6.07) is 10.0. The summed E-state index contributed by atoms with van der Waals surface area (Å²) in [7, 11) is 2.13. The average molecular weight is 298 g/mol. The van der Waals surface area contributed by atoms with Crippen LogP contribution in [-0.2, 0) is 11.3 Å². The highest BCUT2D eigenvalue weighted by molar-refractivity contribution is 5.53. The molecule has 2 heterocycles. The van der Waals surface area contributed by atoms with Crippen molar-refractivity contribution in [2.45, 2.75) is 12.6 Å². The van der Waals surface area contributed by atoms with Crippen molar-refractivity contribution in [3.05, 3.63) is 48.3 Å². The lowest BCUT2D eigenvalue weighted by molar-refractivity contribution is -0.0182. The summed E-state index contributed by atoms with van der Waals surface area (Å²) < 4.78 is 5.73. The van der Waals surface area contributed by atoms with E-state index in [1.54, 1.807) is 0 Å². The molecule has 3 rings (SSSR count). The fourth-order valence-electron chi connectivity index (χ4n) is 2.55. The molecule has 1 aliphatic heterocycles. The minimum Gasteiger partial charge on any atom is -0.374 e. The standard InChI is InChI=1S/C17H22N4O/c1-21-7-8-22-16(13-21)12-18-9-14-10-19-17(20-11-14)15-5-3-2-4-6-15/h2-6,10-11,16,18H,7-9,12-13H2,1H3/t16-/m1/s1. The molecule has 1 fully saturated rings. The number of nitrogens with zero attached hydrogens (tertiary/aromatic N) is 3. The van der Waals surface area contributed by atoms with Gasteiger partial charge in [-0.15, -0.1) is 0 Å². The summed E-state index contributed by atoms with van der Waals surface area (Å²) in [5, 5.41) is 3.42. The number of hydrogen-bond donors (Lipinski definition) is 1. The van der Waals surface area contributed by atoms with Crippen LogP contribution < -0.4 is 5.32 Å². The summed E-state index contributed by atoms with van der Waals surface area (Å²) in [5.74, 6) is 0.765. The highest BCUT2D eigenvalue weighted by Crippen LogP contribution is 2.13. The third-order valence-electron chi connectivity index (χ3n) is 3.78. The molecule has 5 heteroatoms. The Morgan fingerprint density at radius 1 is 1.23 bits per heavy atom. The van der Waals surface area contributed by atoms with Crippen LogP contribution in [0.5, 0.6) is 0 Å². The molecule has 22 heavy (non-hydrogen) atoms. The fraction of sp³-hybridized carbons (Fsp3) is 0.412. The Hall–Kier alpha value is -1.82. The normalized spacial score (nSPS) is 19.2. The topological polar surface area (TPSA) is 50.3 Å². The molecule has 0 amide bonds. The van der Waals surface area contributed by atoms with E-state index in [2.05, 4.69) is 27.2 Å². The monoisotopic (exact) mass is 298 g/mol. The quantitative estimate of drug-likeness (QED) is 0.908. The molecule has 116 valence electrons. The van der Waals surface area contributed by atoms with E-state index in [1.165, 1.54) is 0 Å². The van der Waals surface area contributed by atoms with Gasteiger partial charge < -0.3 is 15.0 Å². The second kappa shape index (κ2) is 7.45. The van der Waals surface area contributed by atoms with Gasteiger partial charge in [-0.3, -0.25) is 0 Å². The molecule has 1 aromatic heterocycles. The van der Waals surface area contributed by atoms with Gasteiger partial charge in [-0.2, -0.15) is 0 Å². The Morgan fingerprint density at radius 2 is 2.00 bits per heavy atom. The molecular formula is C17H22N4O. The zero-order chi connectivity index (χ0) is 15.2. The number of aromatic nitrogens is 2. The highest BCUT2D eigenvalue weighted by atomic mass is 16.5. The van der Waals surface area contributed by atoms with Crippen molar-refractivity contribution >= 4 is 0 Å². The number of rotatable bonds is 5. The first-order valence-corrected chi connectivity index (χ1v) is 7.68. The van der Waals surface area contributed by atoms with Gasteiger partial charge in [0.1, 0.15) is 0 Å². The van der Waals surface area contributed by atoms with Gasteiger partial charge in [0.2, 0.25) is 0 Å². The van der Waals surface area contributed by atoms with E-state index >= 15 is 0 Å². The van der Waals surface area contributed by atoms with Crippen LogP contribution in [0.25, 0.3) is 11.4 Å². The first kappa shape index (κ1) is 15.1. The van der Waals surface area contributed by atoms with Crippen molar-refractivity contribution < 1.29 is 4.74 Å². The Labute approximate surface area is 131 Å². The van der Waals surface area contributed by atoms with Crippen LogP contribution in [0.2, 0.25) is 0 Å². The van der Waals surface area contributed by atoms with Crippen molar-refractivity contribution in [3.8, 4) is 11.4 Å². The van der Waals surface area contributed by atoms with E-state index in [0.29, 0.717) is 0 Å². The molecule has 1 saturated heterocycles. The van der Waals surface area contributed by atoms with Crippen molar-refractivity contribution in [2.75, 3.05) is 33.3 Å². The maximum absolute atomic E-state index is 5.73. The van der Waals surface area contributed by atoms with Gasteiger partial charge in [-0.25, -0.2) is 9.97 Å². The Bertz CT molecular complexity index is 573. The van der Waals surface area contributed by atoms with Crippen LogP contribution >= 0.6 is 0 Å². The van der Waals surface area contributed by atoms with E-state index in [-0.39, 0.29) is 6.10 Å². The summed E-state index contributed by atoms with van der Waals surface area (Å²) in [4.78, 5) is 11.2. The van der Waals surface area contributed by atoms with Crippen LogP contribution in [0.4, 0.5) is 0 Å². The number of nitrogens with one attached hydrogen (secondary N) is 1. The summed E-state index contributed by atoms with van der Waals surface area (Å²) in [5.41, 5.74) is 2.13. The van der Waals surface area contributed by atoms with Gasteiger partial charge in [0, 0.05) is 49.7 Å². The third kappa shape index (κ3) is 4.10. The molecule has 1 aromatic carbocycles. The largest absolute Gasteiger partial charge is 0.374 e. The van der Waals surface area contributed by atoms with Crippen molar-refractivity contribution in [2.24, 2.45) is 0 Å². The SMILES string of the molecule is CN1CCO[C@H](CNCc2cnc(-c3ccccc3)nc2)C1. The first-order valence-electron chi connectivity index (χ1n) is 7.68. The molecule has 1 atom stereocenters. The Kier molecular flexibility index (Phi) is 5.11. The number of likely N-dealkylation sites (N-methyl/N-ethyl adjacent to an activating group) is 1. The molecule has 0 aliphatic carbocycles. The molecule has 0 saturated carbocycles. The van der Waals surface area contributed by atoms with E-state index in [1.807, 2.05) is 42.7 Å². The first-order chi connectivity index (χ1) is 10.8. The predicted octanol–water partition coefficient (Wildman–Crippen LogP) is 1.56. The van der Waals surface area contributed by atoms with Gasteiger partial charge in [0.05, 0.1) is 12.7 Å². The van der Waals surface area contributed by atoms with Crippen LogP contribution in [0.15, 0.2) is 42.7 Å². The molecule has 1 N–H and O–H groups in total. The van der Waals surface area contributed by atoms with Gasteiger partial charge in [0.15, 0.2) is 5.82 Å². The van der Waals surface area contributed by atoms with Gasteiger partial charge >= 0.3 is 0 Å². The van der Waals surface area contributed by atoms with Crippen LogP contribution in [0, 0.1) is 0 Å². The van der Waals surface area contributed by atoms with Crippen molar-refractivity contribution in [1.82, 2.24) is 20.2 Å². The van der Waals surface area contributed by atoms with E-state index in [9.17, 15) is 0 Å². The maximum atomic E-state index is 5.73. The van der Waals surface area contributed by atoms with Crippen LogP contribution in [0.1, 0.15) is 5.56 Å². The minimum absolute atomic E-state index is 0.267. The fourth-order valence-corrected chi connectivity index (χ4v) is 2.55. The van der Waals surface area contributed by atoms with Gasteiger partial charge in [-0.1, -0.05) is 30.3 Å². The Morgan fingerprint density at radius 3 is 2.73 bits per heavy atom. The Balaban J connectivity index is 1.49. The molecule has 5 nitrogen and oxygen atoms in total. The minimum atomic E-state index is 0.267. The zero-order valence-electron chi connectivity index (χ0n) is 12.9. The molecule has 0 bridgehead atoms. The molecule has 2 aromatic rings. The molecular weight excluding hydrogens is 276 g/mol. The maximum Gasteiger partial charge on any atom is 0.159 e. The number of morpholine rings is 1. The van der Waals surface area contributed by atoms with Crippen LogP contribution in [-0.4, -0.2) is 54.3 Å². The second-order valence-corrected chi connectivity index (χ2v) is 5.67. The lowest BCUT2D eigenvalue weighted by atomic mass is 10.2. The molecule has 1 aliphatic rings. The lowest BCUT2D eigenvalue weighted by Crippen LogP contribution is -2.44. The van der Waals surface area contributed by atoms with Crippen molar-refractivity contribution in [3.63, 3.8) is 0 Å². The van der Waals surface area contributed by atoms with Crippen LogP contribution in [0.3, 0.4) is 0 Å². The smallest absolute Gasteiger partial charge is 0.159 e. The molecule has 0 radical (unpaired) electrons. The summed E-state index contributed by atoms with van der Waals surface area (Å²) in [6.07, 6.45) is 4.04. The predicted molar refractivity (Wildman–Crippen MR) is 86.4 cm³/mol. The third-order valence-corrected chi connectivity index (χ3v) is 3.78. The summed E-state index contributed by atoms with van der Waals surface area (Å²) in [6.45, 7) is 4.43. The van der Waals surface area contributed by atoms with E-state index in [4.69, 9.17) is 4.74 Å². The van der Waals surface area contributed by atoms with Gasteiger partial charge in [-0.05, 0) is 7.05 Å². The van der Waals surface area contributed by atoms with Crippen molar-refractivity contribution in [1.29, 1.82) is 0 Å². The molecule has 0 unspecified atom stereocenters. The zero-order valence-corrected chi connectivity index (χ0v) is 12.9. The summed E-state index contributed by atoms with van der Waals surface area (Å²) >= 11 is 0.